The normalized spacial score (nSPS) is 20.5. The zero-order chi connectivity index (χ0) is 21.1. The number of benzene rings is 2. The van der Waals surface area contributed by atoms with Gasteiger partial charge < -0.3 is 9.80 Å². The largest absolute Gasteiger partial charge is 0.334 e. The van der Waals surface area contributed by atoms with Gasteiger partial charge in [0, 0.05) is 24.7 Å². The van der Waals surface area contributed by atoms with Gasteiger partial charge in [0.25, 0.3) is 5.91 Å². The van der Waals surface area contributed by atoms with Crippen LogP contribution in [0.5, 0.6) is 0 Å². The Morgan fingerprint density at radius 3 is 2.00 bits per heavy atom. The van der Waals surface area contributed by atoms with Crippen molar-refractivity contribution in [1.82, 2.24) is 9.80 Å². The van der Waals surface area contributed by atoms with E-state index in [1.54, 1.807) is 0 Å². The monoisotopic (exact) mass is 404 g/mol. The second-order valence-corrected chi connectivity index (χ2v) is 10.1. The molecule has 3 nitrogen and oxygen atoms in total. The van der Waals surface area contributed by atoms with Gasteiger partial charge in [-0.3, -0.25) is 4.79 Å². The summed E-state index contributed by atoms with van der Waals surface area (Å²) in [7, 11) is 0. The molecule has 1 atom stereocenters. The van der Waals surface area contributed by atoms with Crippen LogP contribution in [0, 0.1) is 0 Å². The molecule has 0 radical (unpaired) electrons. The van der Waals surface area contributed by atoms with Crippen molar-refractivity contribution in [3.63, 3.8) is 0 Å². The van der Waals surface area contributed by atoms with Gasteiger partial charge in [0.1, 0.15) is 0 Å². The van der Waals surface area contributed by atoms with E-state index in [2.05, 4.69) is 67.0 Å². The summed E-state index contributed by atoms with van der Waals surface area (Å²) in [5, 5.41) is 0. The number of carbonyl (C=O) groups excluding carboxylic acids is 1. The molecule has 1 unspecified atom stereocenters. The summed E-state index contributed by atoms with van der Waals surface area (Å²) < 4.78 is 0. The summed E-state index contributed by atoms with van der Waals surface area (Å²) in [6, 6.07) is 17.4. The fourth-order valence-corrected chi connectivity index (χ4v) is 4.85. The molecule has 0 bridgehead atoms. The topological polar surface area (TPSA) is 23.6 Å². The van der Waals surface area contributed by atoms with Crippen molar-refractivity contribution in [2.75, 3.05) is 26.2 Å². The first-order valence-electron chi connectivity index (χ1n) is 11.7. The SMILES string of the molecule is CC(C)(C)c1ccc(-c2ccc(C(=O)N3CCCCC3CN3CCCC3)cc2)cc1. The smallest absolute Gasteiger partial charge is 0.254 e. The van der Waals surface area contributed by atoms with Crippen LogP contribution < -0.4 is 0 Å². The molecule has 0 spiro atoms. The second-order valence-electron chi connectivity index (χ2n) is 10.1. The summed E-state index contributed by atoms with van der Waals surface area (Å²) in [6.07, 6.45) is 6.12. The number of piperidine rings is 1. The van der Waals surface area contributed by atoms with E-state index in [9.17, 15) is 4.79 Å². The molecule has 2 aromatic rings. The highest BCUT2D eigenvalue weighted by Gasteiger charge is 2.29. The summed E-state index contributed by atoms with van der Waals surface area (Å²) in [6.45, 7) is 11.0. The summed E-state index contributed by atoms with van der Waals surface area (Å²) in [4.78, 5) is 18.0. The van der Waals surface area contributed by atoms with Gasteiger partial charge in [-0.1, -0.05) is 57.2 Å². The molecule has 2 aliphatic rings. The number of rotatable bonds is 4. The first-order chi connectivity index (χ1) is 14.4. The van der Waals surface area contributed by atoms with E-state index in [4.69, 9.17) is 0 Å². The maximum absolute atomic E-state index is 13.3. The Bertz CT molecular complexity index is 842. The minimum atomic E-state index is 0.162. The lowest BCUT2D eigenvalue weighted by atomic mass is 9.86. The van der Waals surface area contributed by atoms with Gasteiger partial charge in [0.05, 0.1) is 0 Å². The van der Waals surface area contributed by atoms with Crippen molar-refractivity contribution < 1.29 is 4.79 Å². The minimum absolute atomic E-state index is 0.162. The number of nitrogens with zero attached hydrogens (tertiary/aromatic N) is 2. The third-order valence-corrected chi connectivity index (χ3v) is 6.77. The van der Waals surface area contributed by atoms with E-state index in [0.29, 0.717) is 6.04 Å². The van der Waals surface area contributed by atoms with E-state index in [0.717, 1.165) is 31.5 Å². The van der Waals surface area contributed by atoms with Crippen LogP contribution in [0.25, 0.3) is 11.1 Å². The van der Waals surface area contributed by atoms with Gasteiger partial charge in [-0.25, -0.2) is 0 Å². The van der Waals surface area contributed by atoms with Crippen molar-refractivity contribution in [3.8, 4) is 11.1 Å². The highest BCUT2D eigenvalue weighted by atomic mass is 16.2. The van der Waals surface area contributed by atoms with Gasteiger partial charge in [-0.2, -0.15) is 0 Å². The number of likely N-dealkylation sites (tertiary alicyclic amines) is 2. The van der Waals surface area contributed by atoms with Crippen LogP contribution in [0.4, 0.5) is 0 Å². The van der Waals surface area contributed by atoms with Crippen LogP contribution in [0.3, 0.4) is 0 Å². The molecule has 2 aromatic carbocycles. The molecule has 4 rings (SSSR count). The molecule has 0 aromatic heterocycles. The van der Waals surface area contributed by atoms with E-state index >= 15 is 0 Å². The molecule has 0 N–H and O–H groups in total. The molecule has 3 heteroatoms. The molecule has 2 heterocycles. The highest BCUT2D eigenvalue weighted by Crippen LogP contribution is 2.27. The first-order valence-corrected chi connectivity index (χ1v) is 11.7. The Labute approximate surface area is 182 Å². The van der Waals surface area contributed by atoms with Crippen LogP contribution >= 0.6 is 0 Å². The fourth-order valence-electron chi connectivity index (χ4n) is 4.85. The van der Waals surface area contributed by atoms with E-state index in [1.165, 1.54) is 49.0 Å². The second kappa shape index (κ2) is 8.93. The molecule has 160 valence electrons. The molecule has 2 fully saturated rings. The Morgan fingerprint density at radius 2 is 1.40 bits per heavy atom. The van der Waals surface area contributed by atoms with E-state index < -0.39 is 0 Å². The van der Waals surface area contributed by atoms with Gasteiger partial charge >= 0.3 is 0 Å². The summed E-state index contributed by atoms with van der Waals surface area (Å²) >= 11 is 0. The lowest BCUT2D eigenvalue weighted by Crippen LogP contribution is -2.49. The Morgan fingerprint density at radius 1 is 0.833 bits per heavy atom. The van der Waals surface area contributed by atoms with Crippen molar-refractivity contribution in [3.05, 3.63) is 59.7 Å². The third kappa shape index (κ3) is 4.78. The van der Waals surface area contributed by atoms with Crippen LogP contribution in [0.15, 0.2) is 48.5 Å². The minimum Gasteiger partial charge on any atom is -0.334 e. The quantitative estimate of drug-likeness (QED) is 0.648. The van der Waals surface area contributed by atoms with Gasteiger partial charge in [0.15, 0.2) is 0 Å². The summed E-state index contributed by atoms with van der Waals surface area (Å²) in [5.74, 6) is 0.202. The average Bonchev–Trinajstić information content (AvgIpc) is 3.26. The lowest BCUT2D eigenvalue weighted by Gasteiger charge is -2.38. The predicted molar refractivity (Wildman–Crippen MR) is 125 cm³/mol. The molecule has 1 amide bonds. The summed E-state index contributed by atoms with van der Waals surface area (Å²) in [5.41, 5.74) is 4.69. The molecule has 0 saturated carbocycles. The zero-order valence-electron chi connectivity index (χ0n) is 18.9. The first kappa shape index (κ1) is 21.1. The van der Waals surface area contributed by atoms with E-state index in [-0.39, 0.29) is 11.3 Å². The maximum atomic E-state index is 13.3. The Kier molecular flexibility index (Phi) is 6.29. The van der Waals surface area contributed by atoms with Gasteiger partial charge in [0.2, 0.25) is 0 Å². The van der Waals surface area contributed by atoms with E-state index in [1.807, 2.05) is 12.1 Å². The highest BCUT2D eigenvalue weighted by molar-refractivity contribution is 5.95. The maximum Gasteiger partial charge on any atom is 0.254 e. The number of carbonyl (C=O) groups is 1. The molecular weight excluding hydrogens is 368 g/mol. The number of hydrogen-bond donors (Lipinski definition) is 0. The van der Waals surface area contributed by atoms with Crippen molar-refractivity contribution in [2.45, 2.75) is 64.3 Å². The van der Waals surface area contributed by atoms with Crippen LogP contribution in [0.1, 0.15) is 68.8 Å². The van der Waals surface area contributed by atoms with Crippen LogP contribution in [-0.2, 0) is 5.41 Å². The van der Waals surface area contributed by atoms with Crippen LogP contribution in [0.2, 0.25) is 0 Å². The molecule has 2 aliphatic heterocycles. The fraction of sp³-hybridized carbons (Fsp3) is 0.519. The molecule has 30 heavy (non-hydrogen) atoms. The van der Waals surface area contributed by atoms with Crippen molar-refractivity contribution in [2.24, 2.45) is 0 Å². The van der Waals surface area contributed by atoms with Crippen molar-refractivity contribution >= 4 is 5.91 Å². The number of hydrogen-bond acceptors (Lipinski definition) is 2. The Balaban J connectivity index is 1.46. The third-order valence-electron chi connectivity index (χ3n) is 6.77. The zero-order valence-corrected chi connectivity index (χ0v) is 18.9. The van der Waals surface area contributed by atoms with Crippen LogP contribution in [-0.4, -0.2) is 47.9 Å². The predicted octanol–water partition coefficient (Wildman–Crippen LogP) is 5.74. The standard InChI is InChI=1S/C27H36N2O/c1-27(2,3)24-15-13-22(14-16-24)21-9-11-23(12-10-21)26(30)29-19-5-4-8-25(29)20-28-17-6-7-18-28/h9-16,25H,4-8,17-20H2,1-3H3. The molecular formula is C27H36N2O. The molecule has 2 saturated heterocycles. The number of amides is 1. The average molecular weight is 405 g/mol. The van der Waals surface area contributed by atoms with Crippen molar-refractivity contribution in [1.29, 1.82) is 0 Å². The molecule has 0 aliphatic carbocycles. The van der Waals surface area contributed by atoms with Gasteiger partial charge in [-0.15, -0.1) is 0 Å². The van der Waals surface area contributed by atoms with Gasteiger partial charge in [-0.05, 0) is 79.4 Å². The Hall–Kier alpha value is -2.13. The lowest BCUT2D eigenvalue weighted by molar-refractivity contribution is 0.0560.